The normalized spacial score (nSPS) is 15.2. The third kappa shape index (κ3) is 4.80. The lowest BCUT2D eigenvalue weighted by Gasteiger charge is -2.14. The van der Waals surface area contributed by atoms with E-state index in [0.29, 0.717) is 5.69 Å². The molecule has 0 saturated carbocycles. The van der Waals surface area contributed by atoms with E-state index in [1.807, 2.05) is 19.1 Å². The highest BCUT2D eigenvalue weighted by Crippen LogP contribution is 2.12. The van der Waals surface area contributed by atoms with Crippen molar-refractivity contribution in [2.24, 2.45) is 9.98 Å². The molecule has 28 heavy (non-hydrogen) atoms. The molecule has 0 unspecified atom stereocenters. The second-order valence-electron chi connectivity index (χ2n) is 5.67. The Morgan fingerprint density at radius 2 is 2.04 bits per heavy atom. The first-order valence-electron chi connectivity index (χ1n) is 8.07. The molecular formula is C18H15N5O4S. The van der Waals surface area contributed by atoms with Crippen LogP contribution in [0.15, 0.2) is 57.1 Å². The highest BCUT2D eigenvalue weighted by molar-refractivity contribution is 8.14. The van der Waals surface area contributed by atoms with Gasteiger partial charge in [0.25, 0.3) is 5.91 Å². The van der Waals surface area contributed by atoms with Gasteiger partial charge in [0.15, 0.2) is 22.5 Å². The maximum Gasteiger partial charge on any atom is 0.313 e. The largest absolute Gasteiger partial charge is 0.459 e. The number of furan rings is 1. The summed E-state index contributed by atoms with van der Waals surface area (Å²) >= 11 is 0.961. The van der Waals surface area contributed by atoms with Crippen molar-refractivity contribution < 1.29 is 18.8 Å². The van der Waals surface area contributed by atoms with Gasteiger partial charge in [-0.05, 0) is 31.2 Å². The number of carbonyl (C=O) groups is 3. The molecule has 3 amide bonds. The molecule has 142 valence electrons. The van der Waals surface area contributed by atoms with Crippen molar-refractivity contribution in [3.05, 3.63) is 54.0 Å². The van der Waals surface area contributed by atoms with Gasteiger partial charge < -0.3 is 9.73 Å². The van der Waals surface area contributed by atoms with Crippen LogP contribution in [0.2, 0.25) is 0 Å². The fourth-order valence-electron chi connectivity index (χ4n) is 2.14. The maximum absolute atomic E-state index is 12.1. The van der Waals surface area contributed by atoms with E-state index in [4.69, 9.17) is 9.83 Å². The van der Waals surface area contributed by atoms with Gasteiger partial charge in [0.2, 0.25) is 5.91 Å². The fraction of sp³-hybridized carbons (Fsp3) is 0.111. The van der Waals surface area contributed by atoms with E-state index in [0.717, 1.165) is 17.3 Å². The molecule has 1 aliphatic rings. The summed E-state index contributed by atoms with van der Waals surface area (Å²) in [5.74, 6) is -2.36. The Balaban J connectivity index is 1.59. The fourth-order valence-corrected chi connectivity index (χ4v) is 2.80. The van der Waals surface area contributed by atoms with Gasteiger partial charge in [0, 0.05) is 5.69 Å². The molecule has 1 aromatic carbocycles. The minimum atomic E-state index is -0.788. The minimum Gasteiger partial charge on any atom is -0.459 e. The van der Waals surface area contributed by atoms with E-state index in [1.165, 1.54) is 18.4 Å². The van der Waals surface area contributed by atoms with Crippen molar-refractivity contribution in [2.45, 2.75) is 6.92 Å². The molecule has 1 aliphatic heterocycles. The van der Waals surface area contributed by atoms with Gasteiger partial charge in [-0.1, -0.05) is 29.5 Å². The van der Waals surface area contributed by atoms with Gasteiger partial charge >= 0.3 is 5.91 Å². The average molecular weight is 397 g/mol. The number of hydrogen-bond donors (Lipinski definition) is 3. The SMILES string of the molecule is Cc1ccc(NC(=O)CSC2=NC(=N)C(=NC(=O)c3ccco3)C(=O)N2)cc1. The maximum atomic E-state index is 12.1. The van der Waals surface area contributed by atoms with Crippen molar-refractivity contribution in [1.82, 2.24) is 5.32 Å². The van der Waals surface area contributed by atoms with Gasteiger partial charge in [0.05, 0.1) is 12.0 Å². The molecule has 3 N–H and O–H groups in total. The van der Waals surface area contributed by atoms with Crippen molar-refractivity contribution in [1.29, 1.82) is 5.41 Å². The third-order valence-electron chi connectivity index (χ3n) is 3.49. The van der Waals surface area contributed by atoms with Crippen LogP contribution in [-0.4, -0.2) is 40.2 Å². The lowest BCUT2D eigenvalue weighted by Crippen LogP contribution is -2.43. The number of nitrogens with one attached hydrogen (secondary N) is 3. The summed E-state index contributed by atoms with van der Waals surface area (Å²) in [5.41, 5.74) is 1.31. The molecule has 10 heteroatoms. The first kappa shape index (κ1) is 19.2. The van der Waals surface area contributed by atoms with Crippen molar-refractivity contribution in [2.75, 3.05) is 11.1 Å². The Bertz CT molecular complexity index is 993. The predicted molar refractivity (Wildman–Crippen MR) is 106 cm³/mol. The number of amides is 3. The van der Waals surface area contributed by atoms with Crippen LogP contribution >= 0.6 is 11.8 Å². The number of aliphatic imine (C=N–C) groups is 2. The van der Waals surface area contributed by atoms with Crippen LogP contribution in [0.25, 0.3) is 0 Å². The number of anilines is 1. The van der Waals surface area contributed by atoms with Gasteiger partial charge in [-0.3, -0.25) is 25.1 Å². The first-order chi connectivity index (χ1) is 13.4. The van der Waals surface area contributed by atoms with Crippen LogP contribution < -0.4 is 10.6 Å². The highest BCUT2D eigenvalue weighted by atomic mass is 32.2. The highest BCUT2D eigenvalue weighted by Gasteiger charge is 2.26. The van der Waals surface area contributed by atoms with Gasteiger partial charge in [-0.2, -0.15) is 4.99 Å². The number of aryl methyl sites for hydroxylation is 1. The summed E-state index contributed by atoms with van der Waals surface area (Å²) in [6.07, 6.45) is 1.30. The summed E-state index contributed by atoms with van der Waals surface area (Å²) in [7, 11) is 0. The summed E-state index contributed by atoms with van der Waals surface area (Å²) in [6.45, 7) is 1.94. The van der Waals surface area contributed by atoms with Crippen molar-refractivity contribution in [3.8, 4) is 0 Å². The van der Waals surface area contributed by atoms with E-state index in [9.17, 15) is 14.4 Å². The lowest BCUT2D eigenvalue weighted by molar-refractivity contribution is -0.114. The zero-order chi connectivity index (χ0) is 20.1. The second-order valence-corrected chi connectivity index (χ2v) is 6.63. The second kappa shape index (κ2) is 8.44. The predicted octanol–water partition coefficient (Wildman–Crippen LogP) is 2.00. The first-order valence-corrected chi connectivity index (χ1v) is 9.06. The Hall–Kier alpha value is -3.53. The Morgan fingerprint density at radius 3 is 2.68 bits per heavy atom. The third-order valence-corrected chi connectivity index (χ3v) is 4.37. The van der Waals surface area contributed by atoms with Crippen molar-refractivity contribution >= 4 is 51.9 Å². The molecule has 0 fully saturated rings. The summed E-state index contributed by atoms with van der Waals surface area (Å²) in [6, 6.07) is 10.2. The molecular weight excluding hydrogens is 382 g/mol. The smallest absolute Gasteiger partial charge is 0.313 e. The number of rotatable bonds is 4. The average Bonchev–Trinajstić information content (AvgIpc) is 3.20. The number of nitrogens with zero attached hydrogens (tertiary/aromatic N) is 2. The lowest BCUT2D eigenvalue weighted by atomic mass is 10.2. The monoisotopic (exact) mass is 397 g/mol. The molecule has 3 rings (SSSR count). The Morgan fingerprint density at radius 1 is 1.29 bits per heavy atom. The zero-order valence-electron chi connectivity index (χ0n) is 14.7. The Labute approximate surface area is 163 Å². The topological polar surface area (TPSA) is 137 Å². The van der Waals surface area contributed by atoms with E-state index in [-0.39, 0.29) is 22.6 Å². The molecule has 2 aromatic rings. The van der Waals surface area contributed by atoms with Gasteiger partial charge in [0.1, 0.15) is 0 Å². The number of hydrogen-bond acceptors (Lipinski definition) is 6. The van der Waals surface area contributed by atoms with Crippen LogP contribution in [0.3, 0.4) is 0 Å². The molecule has 0 atom stereocenters. The summed E-state index contributed by atoms with van der Waals surface area (Å²) in [4.78, 5) is 43.5. The molecule has 1 aromatic heterocycles. The summed E-state index contributed by atoms with van der Waals surface area (Å²) in [5, 5.41) is 13.1. The van der Waals surface area contributed by atoms with E-state index in [2.05, 4.69) is 20.6 Å². The van der Waals surface area contributed by atoms with Crippen LogP contribution in [0.4, 0.5) is 5.69 Å². The van der Waals surface area contributed by atoms with E-state index >= 15 is 0 Å². The van der Waals surface area contributed by atoms with Crippen LogP contribution in [0.1, 0.15) is 16.1 Å². The summed E-state index contributed by atoms with van der Waals surface area (Å²) < 4.78 is 4.91. The Kier molecular flexibility index (Phi) is 5.80. The number of thioether (sulfide) groups is 1. The van der Waals surface area contributed by atoms with Gasteiger partial charge in [-0.15, -0.1) is 0 Å². The molecule has 0 radical (unpaired) electrons. The number of amidine groups is 2. The van der Waals surface area contributed by atoms with E-state index < -0.39 is 23.4 Å². The van der Waals surface area contributed by atoms with Crippen LogP contribution in [0, 0.1) is 12.3 Å². The quantitative estimate of drug-likeness (QED) is 0.725. The number of benzene rings is 1. The minimum absolute atomic E-state index is 0.0158. The zero-order valence-corrected chi connectivity index (χ0v) is 15.5. The van der Waals surface area contributed by atoms with Crippen LogP contribution in [-0.2, 0) is 9.59 Å². The van der Waals surface area contributed by atoms with Crippen LogP contribution in [0.5, 0.6) is 0 Å². The van der Waals surface area contributed by atoms with Crippen molar-refractivity contribution in [3.63, 3.8) is 0 Å². The molecule has 0 bridgehead atoms. The molecule has 9 nitrogen and oxygen atoms in total. The molecule has 0 spiro atoms. The number of carbonyl (C=O) groups excluding carboxylic acids is 3. The van der Waals surface area contributed by atoms with Gasteiger partial charge in [-0.25, -0.2) is 4.99 Å². The molecule has 2 heterocycles. The molecule has 0 saturated heterocycles. The van der Waals surface area contributed by atoms with E-state index in [1.54, 1.807) is 12.1 Å². The molecule has 0 aliphatic carbocycles. The standard InChI is InChI=1S/C18H15N5O4S/c1-10-4-6-11(7-5-10)20-13(24)9-28-18-22-15(19)14(17(26)23-18)21-16(25)12-3-2-8-27-12/h2-8H,9H2,1H3,(H,20,24)(H2,19,22,23,26).